The Kier molecular flexibility index (Phi) is 20.9. The standard InChI is InChI=1S/C31H58N2O2/c1-3-5-7-9-11-12-13-14-15-16-18-20-22-24-31(35)33-29-26-25-28(27-29)32-30(34)23-21-19-17-10-8-6-4-2/h4,28-29H,2-3,5-27H2,1H3,(H,32,34)(H,33,35)/t28-,29+/m0/s1. The summed E-state index contributed by atoms with van der Waals surface area (Å²) >= 11 is 0. The van der Waals surface area contributed by atoms with E-state index in [9.17, 15) is 9.59 Å². The van der Waals surface area contributed by atoms with Crippen molar-refractivity contribution >= 4 is 11.8 Å². The predicted octanol–water partition coefficient (Wildman–Crippen LogP) is 8.54. The van der Waals surface area contributed by atoms with Crippen molar-refractivity contribution in [3.63, 3.8) is 0 Å². The zero-order valence-electron chi connectivity index (χ0n) is 23.2. The van der Waals surface area contributed by atoms with Crippen molar-refractivity contribution in [3.05, 3.63) is 12.7 Å². The topological polar surface area (TPSA) is 58.2 Å². The highest BCUT2D eigenvalue weighted by Crippen LogP contribution is 2.20. The average molecular weight is 491 g/mol. The van der Waals surface area contributed by atoms with Gasteiger partial charge in [0.2, 0.25) is 11.8 Å². The van der Waals surface area contributed by atoms with Crippen molar-refractivity contribution in [2.45, 2.75) is 173 Å². The third-order valence-corrected chi connectivity index (χ3v) is 7.48. The van der Waals surface area contributed by atoms with E-state index in [0.717, 1.165) is 44.9 Å². The maximum atomic E-state index is 12.3. The molecule has 0 heterocycles. The molecule has 0 radical (unpaired) electrons. The molecule has 1 aliphatic rings. The molecular formula is C31H58N2O2. The highest BCUT2D eigenvalue weighted by molar-refractivity contribution is 5.77. The number of nitrogens with one attached hydrogen (secondary N) is 2. The molecule has 1 fully saturated rings. The van der Waals surface area contributed by atoms with E-state index < -0.39 is 0 Å². The number of rotatable bonds is 24. The SMILES string of the molecule is C=CCCCCCCCC(=O)N[C@H]1CC[C@@H](NC(=O)CCCCCCCCCCCCCCC)C1. The van der Waals surface area contributed by atoms with E-state index in [2.05, 4.69) is 24.1 Å². The van der Waals surface area contributed by atoms with Crippen molar-refractivity contribution in [1.82, 2.24) is 10.6 Å². The van der Waals surface area contributed by atoms with Gasteiger partial charge in [-0.15, -0.1) is 6.58 Å². The molecule has 4 nitrogen and oxygen atoms in total. The van der Waals surface area contributed by atoms with E-state index >= 15 is 0 Å². The number of amides is 2. The summed E-state index contributed by atoms with van der Waals surface area (Å²) in [6.07, 6.45) is 30.2. The zero-order valence-corrected chi connectivity index (χ0v) is 23.2. The summed E-state index contributed by atoms with van der Waals surface area (Å²) in [4.78, 5) is 24.5. The minimum absolute atomic E-state index is 0.181. The summed E-state index contributed by atoms with van der Waals surface area (Å²) in [5, 5.41) is 6.39. The van der Waals surface area contributed by atoms with Crippen LogP contribution in [0.1, 0.15) is 161 Å². The molecule has 0 aromatic heterocycles. The predicted molar refractivity (Wildman–Crippen MR) is 151 cm³/mol. The van der Waals surface area contributed by atoms with Crippen LogP contribution < -0.4 is 10.6 Å². The van der Waals surface area contributed by atoms with Gasteiger partial charge >= 0.3 is 0 Å². The van der Waals surface area contributed by atoms with Crippen LogP contribution in [0.15, 0.2) is 12.7 Å². The fraction of sp³-hybridized carbons (Fsp3) is 0.871. The quantitative estimate of drug-likeness (QED) is 0.105. The van der Waals surface area contributed by atoms with Crippen LogP contribution in [-0.4, -0.2) is 23.9 Å². The third kappa shape index (κ3) is 19.5. The number of carbonyl (C=O) groups excluding carboxylic acids is 2. The van der Waals surface area contributed by atoms with E-state index in [0.29, 0.717) is 12.8 Å². The molecule has 1 rings (SSSR count). The van der Waals surface area contributed by atoms with Crippen LogP contribution in [0.4, 0.5) is 0 Å². The maximum Gasteiger partial charge on any atom is 0.220 e. The Morgan fingerprint density at radius 2 is 1.00 bits per heavy atom. The van der Waals surface area contributed by atoms with Gasteiger partial charge in [0.05, 0.1) is 0 Å². The van der Waals surface area contributed by atoms with Crippen molar-refractivity contribution in [2.75, 3.05) is 0 Å². The van der Waals surface area contributed by atoms with E-state index in [1.165, 1.54) is 96.3 Å². The molecular weight excluding hydrogens is 432 g/mol. The lowest BCUT2D eigenvalue weighted by molar-refractivity contribution is -0.122. The van der Waals surface area contributed by atoms with E-state index in [-0.39, 0.29) is 23.9 Å². The van der Waals surface area contributed by atoms with Crippen LogP contribution in [0.2, 0.25) is 0 Å². The lowest BCUT2D eigenvalue weighted by Crippen LogP contribution is -2.37. The van der Waals surface area contributed by atoms with Crippen molar-refractivity contribution in [3.8, 4) is 0 Å². The van der Waals surface area contributed by atoms with E-state index in [1.54, 1.807) is 0 Å². The Morgan fingerprint density at radius 1 is 0.629 bits per heavy atom. The fourth-order valence-corrected chi connectivity index (χ4v) is 5.25. The molecule has 2 N–H and O–H groups in total. The normalized spacial score (nSPS) is 17.4. The smallest absolute Gasteiger partial charge is 0.220 e. The molecule has 35 heavy (non-hydrogen) atoms. The molecule has 2 amide bonds. The molecule has 0 saturated heterocycles. The lowest BCUT2D eigenvalue weighted by atomic mass is 10.0. The molecule has 1 saturated carbocycles. The second kappa shape index (κ2) is 23.1. The van der Waals surface area contributed by atoms with Crippen LogP contribution >= 0.6 is 0 Å². The average Bonchev–Trinajstić information content (AvgIpc) is 3.27. The van der Waals surface area contributed by atoms with Crippen LogP contribution in [0.25, 0.3) is 0 Å². The van der Waals surface area contributed by atoms with Gasteiger partial charge in [0.25, 0.3) is 0 Å². The van der Waals surface area contributed by atoms with E-state index in [1.807, 2.05) is 6.08 Å². The van der Waals surface area contributed by atoms with Gasteiger partial charge < -0.3 is 10.6 Å². The van der Waals surface area contributed by atoms with Crippen LogP contribution in [0.5, 0.6) is 0 Å². The Labute approximate surface area is 217 Å². The van der Waals surface area contributed by atoms with Crippen molar-refractivity contribution in [2.24, 2.45) is 0 Å². The number of hydrogen-bond donors (Lipinski definition) is 2. The van der Waals surface area contributed by atoms with Crippen molar-refractivity contribution < 1.29 is 9.59 Å². The summed E-state index contributed by atoms with van der Waals surface area (Å²) in [5.74, 6) is 0.376. The second-order valence-electron chi connectivity index (χ2n) is 10.9. The maximum absolute atomic E-state index is 12.3. The number of unbranched alkanes of at least 4 members (excludes halogenated alkanes) is 17. The number of hydrogen-bond acceptors (Lipinski definition) is 2. The number of carbonyl (C=O) groups is 2. The first kappa shape index (κ1) is 31.7. The fourth-order valence-electron chi connectivity index (χ4n) is 5.25. The summed E-state index contributed by atoms with van der Waals surface area (Å²) in [5.41, 5.74) is 0. The summed E-state index contributed by atoms with van der Waals surface area (Å²) in [6, 6.07) is 0.469. The van der Waals surface area contributed by atoms with Gasteiger partial charge in [-0.1, -0.05) is 109 Å². The van der Waals surface area contributed by atoms with Gasteiger partial charge in [-0.05, 0) is 44.9 Å². The summed E-state index contributed by atoms with van der Waals surface area (Å²) < 4.78 is 0. The first-order valence-electron chi connectivity index (χ1n) is 15.3. The molecule has 1 aliphatic carbocycles. The van der Waals surface area contributed by atoms with Gasteiger partial charge in [-0.3, -0.25) is 9.59 Å². The monoisotopic (exact) mass is 490 g/mol. The Balaban J connectivity index is 1.91. The van der Waals surface area contributed by atoms with Crippen LogP contribution in [0, 0.1) is 0 Å². The van der Waals surface area contributed by atoms with Gasteiger partial charge in [0.1, 0.15) is 0 Å². The Hall–Kier alpha value is -1.32. The summed E-state index contributed by atoms with van der Waals surface area (Å²) in [6.45, 7) is 6.03. The van der Waals surface area contributed by atoms with Crippen LogP contribution in [-0.2, 0) is 9.59 Å². The minimum atomic E-state index is 0.181. The molecule has 2 atom stereocenters. The van der Waals surface area contributed by atoms with Gasteiger partial charge in [0.15, 0.2) is 0 Å². The number of allylic oxidation sites excluding steroid dienone is 1. The largest absolute Gasteiger partial charge is 0.353 e. The third-order valence-electron chi connectivity index (χ3n) is 7.48. The highest BCUT2D eigenvalue weighted by Gasteiger charge is 2.26. The van der Waals surface area contributed by atoms with Gasteiger partial charge in [0, 0.05) is 24.9 Å². The molecule has 0 bridgehead atoms. The first-order chi connectivity index (χ1) is 17.2. The zero-order chi connectivity index (χ0) is 25.4. The van der Waals surface area contributed by atoms with Crippen molar-refractivity contribution in [1.29, 1.82) is 0 Å². The molecule has 0 unspecified atom stereocenters. The molecule has 0 aliphatic heterocycles. The molecule has 204 valence electrons. The Bertz CT molecular complexity index is 534. The molecule has 0 spiro atoms. The van der Waals surface area contributed by atoms with Crippen LogP contribution in [0.3, 0.4) is 0 Å². The minimum Gasteiger partial charge on any atom is -0.353 e. The van der Waals surface area contributed by atoms with Gasteiger partial charge in [-0.25, -0.2) is 0 Å². The van der Waals surface area contributed by atoms with E-state index in [4.69, 9.17) is 0 Å². The highest BCUT2D eigenvalue weighted by atomic mass is 16.2. The summed E-state index contributed by atoms with van der Waals surface area (Å²) in [7, 11) is 0. The first-order valence-corrected chi connectivity index (χ1v) is 15.3. The molecule has 0 aromatic rings. The second-order valence-corrected chi connectivity index (χ2v) is 10.9. The molecule has 0 aromatic carbocycles. The Morgan fingerprint density at radius 3 is 1.40 bits per heavy atom. The van der Waals surface area contributed by atoms with Gasteiger partial charge in [-0.2, -0.15) is 0 Å². The molecule has 4 heteroatoms. The lowest BCUT2D eigenvalue weighted by Gasteiger charge is -2.15.